The Labute approximate surface area is 114 Å². The van der Waals surface area contributed by atoms with Crippen molar-refractivity contribution in [3.05, 3.63) is 59.7 Å². The number of nitrogens with two attached hydrogens (primary N) is 1. The third-order valence-corrected chi connectivity index (χ3v) is 2.91. The van der Waals surface area contributed by atoms with E-state index in [0.29, 0.717) is 6.61 Å². The van der Waals surface area contributed by atoms with E-state index in [1.54, 1.807) is 0 Å². The summed E-state index contributed by atoms with van der Waals surface area (Å²) in [5.74, 6) is 0.918. The summed E-state index contributed by atoms with van der Waals surface area (Å²) in [6.45, 7) is 4.27. The molecule has 19 heavy (non-hydrogen) atoms. The molecule has 0 radical (unpaired) electrons. The number of benzene rings is 2. The Morgan fingerprint density at radius 2 is 1.95 bits per heavy atom. The van der Waals surface area contributed by atoms with Crippen molar-refractivity contribution in [1.29, 1.82) is 0 Å². The van der Waals surface area contributed by atoms with Gasteiger partial charge < -0.3 is 15.8 Å². The van der Waals surface area contributed by atoms with Crippen molar-refractivity contribution in [2.24, 2.45) is 0 Å². The van der Waals surface area contributed by atoms with Gasteiger partial charge in [0.2, 0.25) is 0 Å². The molecule has 0 aliphatic rings. The van der Waals surface area contributed by atoms with Crippen LogP contribution in [-0.4, -0.2) is 13.2 Å². The lowest BCUT2D eigenvalue weighted by atomic mass is 10.2. The number of hydrogen-bond acceptors (Lipinski definition) is 3. The second-order valence-electron chi connectivity index (χ2n) is 4.54. The summed E-state index contributed by atoms with van der Waals surface area (Å²) < 4.78 is 5.66. The van der Waals surface area contributed by atoms with Gasteiger partial charge in [0.1, 0.15) is 12.4 Å². The zero-order chi connectivity index (χ0) is 13.5. The van der Waals surface area contributed by atoms with Crippen LogP contribution < -0.4 is 15.8 Å². The van der Waals surface area contributed by atoms with E-state index in [1.165, 1.54) is 5.56 Å². The number of hydrogen-bond donors (Lipinski definition) is 2. The van der Waals surface area contributed by atoms with E-state index in [4.69, 9.17) is 10.5 Å². The quantitative estimate of drug-likeness (QED) is 0.617. The first kappa shape index (κ1) is 13.4. The van der Waals surface area contributed by atoms with Gasteiger partial charge in [0.15, 0.2) is 0 Å². The van der Waals surface area contributed by atoms with E-state index in [9.17, 15) is 0 Å². The summed E-state index contributed by atoms with van der Waals surface area (Å²) >= 11 is 0. The highest BCUT2D eigenvalue weighted by Gasteiger charge is 1.97. The minimum absolute atomic E-state index is 0.649. The largest absolute Gasteiger partial charge is 0.492 e. The van der Waals surface area contributed by atoms with Crippen molar-refractivity contribution in [2.75, 3.05) is 18.9 Å². The average Bonchev–Trinajstić information content (AvgIpc) is 2.40. The molecule has 0 aliphatic carbocycles. The van der Waals surface area contributed by atoms with Crippen LogP contribution in [0.2, 0.25) is 0 Å². The molecule has 0 amide bonds. The van der Waals surface area contributed by atoms with Gasteiger partial charge in [-0.1, -0.05) is 30.3 Å². The third-order valence-electron chi connectivity index (χ3n) is 2.91. The molecule has 0 bridgehead atoms. The molecule has 2 aromatic carbocycles. The van der Waals surface area contributed by atoms with Crippen LogP contribution in [0.3, 0.4) is 0 Å². The third kappa shape index (κ3) is 4.30. The topological polar surface area (TPSA) is 47.3 Å². The second kappa shape index (κ2) is 6.81. The van der Waals surface area contributed by atoms with Crippen LogP contribution in [0.1, 0.15) is 11.1 Å². The van der Waals surface area contributed by atoms with E-state index in [2.05, 4.69) is 18.3 Å². The fraction of sp³-hybridized carbons (Fsp3) is 0.250. The molecule has 0 spiro atoms. The highest BCUT2D eigenvalue weighted by molar-refractivity contribution is 5.46. The van der Waals surface area contributed by atoms with Crippen molar-refractivity contribution in [3.8, 4) is 5.75 Å². The average molecular weight is 256 g/mol. The maximum atomic E-state index is 5.87. The maximum absolute atomic E-state index is 5.87. The fourth-order valence-electron chi connectivity index (χ4n) is 1.86. The Bertz CT molecular complexity index is 526. The summed E-state index contributed by atoms with van der Waals surface area (Å²) in [5, 5.41) is 3.32. The predicted molar refractivity (Wildman–Crippen MR) is 79.2 cm³/mol. The van der Waals surface area contributed by atoms with Crippen molar-refractivity contribution in [1.82, 2.24) is 5.32 Å². The molecule has 3 heteroatoms. The van der Waals surface area contributed by atoms with Gasteiger partial charge in [-0.25, -0.2) is 0 Å². The van der Waals surface area contributed by atoms with Gasteiger partial charge in [0.05, 0.1) is 0 Å². The Morgan fingerprint density at radius 1 is 1.11 bits per heavy atom. The Balaban J connectivity index is 1.69. The number of aryl methyl sites for hydroxylation is 1. The molecule has 2 aromatic rings. The normalized spacial score (nSPS) is 10.4. The lowest BCUT2D eigenvalue weighted by molar-refractivity contribution is 0.313. The molecule has 0 heterocycles. The van der Waals surface area contributed by atoms with E-state index >= 15 is 0 Å². The molecule has 0 saturated carbocycles. The maximum Gasteiger partial charge on any atom is 0.119 e. The molecule has 100 valence electrons. The van der Waals surface area contributed by atoms with Crippen LogP contribution in [0, 0.1) is 6.92 Å². The number of anilines is 1. The molecular weight excluding hydrogens is 236 g/mol. The Kier molecular flexibility index (Phi) is 4.81. The summed E-state index contributed by atoms with van der Waals surface area (Å²) in [4.78, 5) is 0. The SMILES string of the molecule is Cc1cccc(OCCNCc2ccccc2N)c1. The number of para-hydroxylation sites is 1. The molecule has 3 N–H and O–H groups in total. The minimum atomic E-state index is 0.649. The van der Waals surface area contributed by atoms with Crippen molar-refractivity contribution in [2.45, 2.75) is 13.5 Å². The summed E-state index contributed by atoms with van der Waals surface area (Å²) in [5.41, 5.74) is 9.03. The summed E-state index contributed by atoms with van der Waals surface area (Å²) in [6.07, 6.45) is 0. The van der Waals surface area contributed by atoms with E-state index in [-0.39, 0.29) is 0 Å². The van der Waals surface area contributed by atoms with Crippen LogP contribution >= 0.6 is 0 Å². The highest BCUT2D eigenvalue weighted by Crippen LogP contribution is 2.12. The molecule has 0 fully saturated rings. The zero-order valence-corrected chi connectivity index (χ0v) is 11.2. The van der Waals surface area contributed by atoms with Gasteiger partial charge in [-0.2, -0.15) is 0 Å². The van der Waals surface area contributed by atoms with Crippen molar-refractivity contribution < 1.29 is 4.74 Å². The van der Waals surface area contributed by atoms with Crippen LogP contribution in [-0.2, 0) is 6.54 Å². The first-order valence-corrected chi connectivity index (χ1v) is 6.49. The minimum Gasteiger partial charge on any atom is -0.492 e. The molecule has 3 nitrogen and oxygen atoms in total. The molecular formula is C16H20N2O. The van der Waals surface area contributed by atoms with Crippen molar-refractivity contribution in [3.63, 3.8) is 0 Å². The van der Waals surface area contributed by atoms with E-state index in [1.807, 2.05) is 42.5 Å². The summed E-state index contributed by atoms with van der Waals surface area (Å²) in [7, 11) is 0. The van der Waals surface area contributed by atoms with Gasteiger partial charge in [-0.05, 0) is 36.2 Å². The zero-order valence-electron chi connectivity index (χ0n) is 11.2. The smallest absolute Gasteiger partial charge is 0.119 e. The van der Waals surface area contributed by atoms with Crippen LogP contribution in [0.25, 0.3) is 0 Å². The van der Waals surface area contributed by atoms with Gasteiger partial charge in [-0.15, -0.1) is 0 Å². The van der Waals surface area contributed by atoms with Crippen LogP contribution in [0.4, 0.5) is 5.69 Å². The Hall–Kier alpha value is -2.00. The molecule has 0 aromatic heterocycles. The van der Waals surface area contributed by atoms with E-state index in [0.717, 1.165) is 30.1 Å². The monoisotopic (exact) mass is 256 g/mol. The van der Waals surface area contributed by atoms with Gasteiger partial charge in [0.25, 0.3) is 0 Å². The van der Waals surface area contributed by atoms with Crippen LogP contribution in [0.15, 0.2) is 48.5 Å². The van der Waals surface area contributed by atoms with Gasteiger partial charge in [0, 0.05) is 18.8 Å². The lowest BCUT2D eigenvalue weighted by Crippen LogP contribution is -2.21. The van der Waals surface area contributed by atoms with E-state index < -0.39 is 0 Å². The molecule has 2 rings (SSSR count). The van der Waals surface area contributed by atoms with Gasteiger partial charge in [-0.3, -0.25) is 0 Å². The fourth-order valence-corrected chi connectivity index (χ4v) is 1.86. The lowest BCUT2D eigenvalue weighted by Gasteiger charge is -2.09. The number of nitrogen functional groups attached to an aromatic ring is 1. The highest BCUT2D eigenvalue weighted by atomic mass is 16.5. The predicted octanol–water partition coefficient (Wildman–Crippen LogP) is 2.75. The second-order valence-corrected chi connectivity index (χ2v) is 4.54. The first-order chi connectivity index (χ1) is 9.25. The summed E-state index contributed by atoms with van der Waals surface area (Å²) in [6, 6.07) is 16.0. The number of ether oxygens (including phenoxy) is 1. The standard InChI is InChI=1S/C16H20N2O/c1-13-5-4-7-15(11-13)19-10-9-18-12-14-6-2-3-8-16(14)17/h2-8,11,18H,9-10,12,17H2,1H3. The first-order valence-electron chi connectivity index (χ1n) is 6.49. The number of rotatable bonds is 6. The Morgan fingerprint density at radius 3 is 2.74 bits per heavy atom. The van der Waals surface area contributed by atoms with Gasteiger partial charge >= 0.3 is 0 Å². The van der Waals surface area contributed by atoms with Crippen molar-refractivity contribution >= 4 is 5.69 Å². The molecule has 0 unspecified atom stereocenters. The molecule has 0 saturated heterocycles. The number of nitrogens with one attached hydrogen (secondary N) is 1. The van der Waals surface area contributed by atoms with Crippen LogP contribution in [0.5, 0.6) is 5.75 Å². The molecule has 0 atom stereocenters. The molecule has 0 aliphatic heterocycles.